The number of fused-ring (bicyclic) bond motifs is 1. The van der Waals surface area contributed by atoms with Gasteiger partial charge in [0.15, 0.2) is 0 Å². The van der Waals surface area contributed by atoms with E-state index in [4.69, 9.17) is 23.2 Å². The van der Waals surface area contributed by atoms with Crippen molar-refractivity contribution in [1.29, 1.82) is 0 Å². The molecule has 1 aromatic heterocycles. The van der Waals surface area contributed by atoms with Crippen LogP contribution >= 0.6 is 35.0 Å². The Morgan fingerprint density at radius 1 is 1.53 bits per heavy atom. The number of hydrogen-bond acceptors (Lipinski definition) is 2. The monoisotopic (exact) mass is 314 g/mol. The number of halogens is 2. The lowest BCUT2D eigenvalue weighted by Crippen LogP contribution is -2.13. The van der Waals surface area contributed by atoms with Crippen LogP contribution in [-0.2, 0) is 6.54 Å². The van der Waals surface area contributed by atoms with Crippen LogP contribution < -0.4 is 0 Å². The standard InChI is InChI=1S/C14H16Cl2N2S/c1-9(15)14-17-12-7-10(16)4-5-13(12)18(14)8-11-3-2-6-19-11/h4-5,7,9,11H,2-3,6,8H2,1H3. The van der Waals surface area contributed by atoms with E-state index in [9.17, 15) is 0 Å². The highest BCUT2D eigenvalue weighted by Gasteiger charge is 2.21. The first-order chi connectivity index (χ1) is 9.15. The maximum Gasteiger partial charge on any atom is 0.127 e. The number of thioether (sulfide) groups is 1. The molecule has 0 amide bonds. The van der Waals surface area contributed by atoms with Gasteiger partial charge >= 0.3 is 0 Å². The van der Waals surface area contributed by atoms with Gasteiger partial charge in [-0.2, -0.15) is 11.8 Å². The largest absolute Gasteiger partial charge is 0.326 e. The van der Waals surface area contributed by atoms with E-state index in [0.717, 1.165) is 28.4 Å². The molecule has 0 saturated carbocycles. The molecule has 2 heterocycles. The number of alkyl halides is 1. The summed E-state index contributed by atoms with van der Waals surface area (Å²) >= 11 is 14.4. The lowest BCUT2D eigenvalue weighted by atomic mass is 10.2. The number of rotatable bonds is 3. The normalized spacial score (nSPS) is 21.1. The van der Waals surface area contributed by atoms with E-state index in [0.29, 0.717) is 5.25 Å². The molecule has 1 saturated heterocycles. The minimum absolute atomic E-state index is 0.0856. The third-order valence-electron chi connectivity index (χ3n) is 3.51. The molecule has 2 aromatic rings. The quantitative estimate of drug-likeness (QED) is 0.751. The van der Waals surface area contributed by atoms with Gasteiger partial charge in [-0.1, -0.05) is 11.6 Å². The van der Waals surface area contributed by atoms with Crippen LogP contribution in [0.4, 0.5) is 0 Å². The summed E-state index contributed by atoms with van der Waals surface area (Å²) in [5, 5.41) is 1.32. The van der Waals surface area contributed by atoms with Crippen molar-refractivity contribution in [2.45, 2.75) is 36.9 Å². The third kappa shape index (κ3) is 2.74. The molecule has 2 atom stereocenters. The molecule has 102 valence electrons. The van der Waals surface area contributed by atoms with Crippen molar-refractivity contribution in [2.75, 3.05) is 5.75 Å². The molecule has 0 aliphatic carbocycles. The zero-order chi connectivity index (χ0) is 13.4. The van der Waals surface area contributed by atoms with Crippen molar-refractivity contribution >= 4 is 46.0 Å². The predicted molar refractivity (Wildman–Crippen MR) is 84.5 cm³/mol. The van der Waals surface area contributed by atoms with Gasteiger partial charge in [-0.05, 0) is 43.7 Å². The number of imidazole rings is 1. The van der Waals surface area contributed by atoms with Crippen molar-refractivity contribution in [3.8, 4) is 0 Å². The Hall–Kier alpha value is -0.380. The lowest BCUT2D eigenvalue weighted by molar-refractivity contribution is 0.623. The Kier molecular flexibility index (Phi) is 3.97. The van der Waals surface area contributed by atoms with E-state index < -0.39 is 0 Å². The zero-order valence-corrected chi connectivity index (χ0v) is 13.1. The average molecular weight is 315 g/mol. The van der Waals surface area contributed by atoms with Gasteiger partial charge in [0.2, 0.25) is 0 Å². The maximum absolute atomic E-state index is 6.28. The van der Waals surface area contributed by atoms with E-state index in [1.807, 2.05) is 25.1 Å². The minimum Gasteiger partial charge on any atom is -0.326 e. The van der Waals surface area contributed by atoms with Crippen molar-refractivity contribution in [2.24, 2.45) is 0 Å². The Balaban J connectivity index is 2.05. The first-order valence-electron chi connectivity index (χ1n) is 6.56. The van der Waals surface area contributed by atoms with Gasteiger partial charge in [0.25, 0.3) is 0 Å². The van der Waals surface area contributed by atoms with Gasteiger partial charge < -0.3 is 4.57 Å². The highest BCUT2D eigenvalue weighted by atomic mass is 35.5. The Bertz CT molecular complexity index is 588. The fourth-order valence-electron chi connectivity index (χ4n) is 2.61. The summed E-state index contributed by atoms with van der Waals surface area (Å²) in [7, 11) is 0. The van der Waals surface area contributed by atoms with Crippen molar-refractivity contribution in [3.63, 3.8) is 0 Å². The van der Waals surface area contributed by atoms with E-state index in [1.165, 1.54) is 18.6 Å². The van der Waals surface area contributed by atoms with Gasteiger partial charge in [-0.25, -0.2) is 4.98 Å². The molecule has 0 radical (unpaired) electrons. The van der Waals surface area contributed by atoms with Gasteiger partial charge in [0.1, 0.15) is 5.82 Å². The fraction of sp³-hybridized carbons (Fsp3) is 0.500. The van der Waals surface area contributed by atoms with E-state index >= 15 is 0 Å². The third-order valence-corrected chi connectivity index (χ3v) is 5.32. The van der Waals surface area contributed by atoms with Crippen LogP contribution in [0.1, 0.15) is 31.0 Å². The average Bonchev–Trinajstić information content (AvgIpc) is 2.97. The molecule has 3 rings (SSSR count). The van der Waals surface area contributed by atoms with Crippen LogP contribution in [0, 0.1) is 0 Å². The second kappa shape index (κ2) is 5.55. The molecule has 19 heavy (non-hydrogen) atoms. The van der Waals surface area contributed by atoms with Gasteiger partial charge in [0.05, 0.1) is 16.4 Å². The first-order valence-corrected chi connectivity index (χ1v) is 8.43. The highest BCUT2D eigenvalue weighted by Crippen LogP contribution is 2.32. The van der Waals surface area contributed by atoms with Crippen molar-refractivity contribution in [3.05, 3.63) is 29.0 Å². The minimum atomic E-state index is -0.0856. The number of aromatic nitrogens is 2. The van der Waals surface area contributed by atoms with Crippen LogP contribution in [0.3, 0.4) is 0 Å². The van der Waals surface area contributed by atoms with E-state index in [1.54, 1.807) is 0 Å². The summed E-state index contributed by atoms with van der Waals surface area (Å²) in [6.07, 6.45) is 2.60. The molecule has 1 fully saturated rings. The Labute approximate surface area is 127 Å². The molecular weight excluding hydrogens is 299 g/mol. The second-order valence-corrected chi connectivity index (χ2v) is 7.46. The van der Waals surface area contributed by atoms with Crippen LogP contribution in [0.2, 0.25) is 5.02 Å². The molecule has 5 heteroatoms. The molecule has 1 aromatic carbocycles. The van der Waals surface area contributed by atoms with Crippen LogP contribution in [0.15, 0.2) is 18.2 Å². The van der Waals surface area contributed by atoms with Crippen LogP contribution in [0.5, 0.6) is 0 Å². The lowest BCUT2D eigenvalue weighted by Gasteiger charge is -2.14. The first kappa shape index (κ1) is 13.6. The zero-order valence-electron chi connectivity index (χ0n) is 10.8. The number of hydrogen-bond donors (Lipinski definition) is 0. The highest BCUT2D eigenvalue weighted by molar-refractivity contribution is 8.00. The predicted octanol–water partition coefficient (Wildman–Crippen LogP) is 4.89. The molecule has 0 bridgehead atoms. The fourth-order valence-corrected chi connectivity index (χ4v) is 4.20. The van der Waals surface area contributed by atoms with Gasteiger partial charge in [0, 0.05) is 16.8 Å². The van der Waals surface area contributed by atoms with Crippen molar-refractivity contribution < 1.29 is 0 Å². The molecule has 0 spiro atoms. The maximum atomic E-state index is 6.28. The second-order valence-electron chi connectivity index (χ2n) is 4.96. The van der Waals surface area contributed by atoms with E-state index in [-0.39, 0.29) is 5.38 Å². The summed E-state index contributed by atoms with van der Waals surface area (Å²) in [5.74, 6) is 2.22. The summed E-state index contributed by atoms with van der Waals surface area (Å²) in [6, 6.07) is 5.89. The topological polar surface area (TPSA) is 17.8 Å². The summed E-state index contributed by atoms with van der Waals surface area (Å²) in [4.78, 5) is 4.65. The molecule has 0 N–H and O–H groups in total. The summed E-state index contributed by atoms with van der Waals surface area (Å²) < 4.78 is 2.27. The smallest absolute Gasteiger partial charge is 0.127 e. The number of nitrogens with zero attached hydrogens (tertiary/aromatic N) is 2. The van der Waals surface area contributed by atoms with Gasteiger partial charge in [-0.15, -0.1) is 11.6 Å². The van der Waals surface area contributed by atoms with Gasteiger partial charge in [-0.3, -0.25) is 0 Å². The number of benzene rings is 1. The summed E-state index contributed by atoms with van der Waals surface area (Å²) in [6.45, 7) is 2.97. The van der Waals surface area contributed by atoms with Crippen LogP contribution in [0.25, 0.3) is 11.0 Å². The molecule has 2 nitrogen and oxygen atoms in total. The van der Waals surface area contributed by atoms with Crippen molar-refractivity contribution in [1.82, 2.24) is 9.55 Å². The Morgan fingerprint density at radius 2 is 2.37 bits per heavy atom. The molecule has 1 aliphatic heterocycles. The molecular formula is C14H16Cl2N2S. The van der Waals surface area contributed by atoms with Crippen LogP contribution in [-0.4, -0.2) is 20.6 Å². The SMILES string of the molecule is CC(Cl)c1nc2cc(Cl)ccc2n1CC1CCCS1. The van der Waals surface area contributed by atoms with E-state index in [2.05, 4.69) is 21.3 Å². The Morgan fingerprint density at radius 3 is 3.05 bits per heavy atom. The molecule has 2 unspecified atom stereocenters. The summed E-state index contributed by atoms with van der Waals surface area (Å²) in [5.41, 5.74) is 2.08. The molecule has 1 aliphatic rings.